The van der Waals surface area contributed by atoms with Crippen molar-refractivity contribution in [1.82, 2.24) is 14.0 Å². The molecule has 0 fully saturated rings. The van der Waals surface area contributed by atoms with E-state index in [9.17, 15) is 9.59 Å². The van der Waals surface area contributed by atoms with Crippen LogP contribution in [-0.4, -0.2) is 21.1 Å². The molecule has 0 amide bonds. The molecule has 6 heteroatoms. The number of benzene rings is 1. The van der Waals surface area contributed by atoms with Crippen LogP contribution in [0.15, 0.2) is 44.4 Å². The first-order valence-corrected chi connectivity index (χ1v) is 7.36. The van der Waals surface area contributed by atoms with E-state index in [0.29, 0.717) is 12.2 Å². The summed E-state index contributed by atoms with van der Waals surface area (Å²) in [6.45, 7) is 1.29. The molecule has 0 radical (unpaired) electrons. The average Bonchev–Trinajstić information content (AvgIpc) is 2.45. The van der Waals surface area contributed by atoms with E-state index < -0.39 is 0 Å². The zero-order valence-corrected chi connectivity index (χ0v) is 13.9. The van der Waals surface area contributed by atoms with Gasteiger partial charge in [0.05, 0.1) is 0 Å². The first-order chi connectivity index (χ1) is 9.88. The van der Waals surface area contributed by atoms with E-state index in [4.69, 9.17) is 0 Å². The fourth-order valence-electron chi connectivity index (χ4n) is 2.16. The molecule has 0 aliphatic heterocycles. The van der Waals surface area contributed by atoms with Gasteiger partial charge in [-0.3, -0.25) is 18.8 Å². The van der Waals surface area contributed by atoms with Crippen LogP contribution in [0.25, 0.3) is 0 Å². The Balaban J connectivity index is 2.16. The van der Waals surface area contributed by atoms with Crippen molar-refractivity contribution < 1.29 is 0 Å². The minimum Gasteiger partial charge on any atom is -0.299 e. The summed E-state index contributed by atoms with van der Waals surface area (Å²) in [6.07, 6.45) is 0. The molecule has 0 spiro atoms. The van der Waals surface area contributed by atoms with Crippen LogP contribution in [-0.2, 0) is 27.2 Å². The van der Waals surface area contributed by atoms with Crippen molar-refractivity contribution in [2.24, 2.45) is 14.1 Å². The average molecular weight is 352 g/mol. The first-order valence-electron chi connectivity index (χ1n) is 6.57. The first kappa shape index (κ1) is 15.7. The van der Waals surface area contributed by atoms with Crippen LogP contribution in [0.4, 0.5) is 0 Å². The maximum absolute atomic E-state index is 11.9. The summed E-state index contributed by atoms with van der Waals surface area (Å²) in [4.78, 5) is 25.7. The zero-order valence-electron chi connectivity index (χ0n) is 12.3. The molecule has 0 saturated carbocycles. The van der Waals surface area contributed by atoms with Gasteiger partial charge in [0.2, 0.25) is 0 Å². The van der Waals surface area contributed by atoms with Gasteiger partial charge < -0.3 is 0 Å². The van der Waals surface area contributed by atoms with E-state index in [1.807, 2.05) is 31.3 Å². The fourth-order valence-corrected chi connectivity index (χ4v) is 2.43. The molecule has 112 valence electrons. The van der Waals surface area contributed by atoms with Gasteiger partial charge in [0.25, 0.3) is 5.56 Å². The Morgan fingerprint density at radius 3 is 2.29 bits per heavy atom. The fraction of sp³-hybridized carbons (Fsp3) is 0.333. The largest absolute Gasteiger partial charge is 0.330 e. The number of halogens is 1. The van der Waals surface area contributed by atoms with Crippen molar-refractivity contribution in [3.63, 3.8) is 0 Å². The highest BCUT2D eigenvalue weighted by atomic mass is 79.9. The highest BCUT2D eigenvalue weighted by molar-refractivity contribution is 9.10. The summed E-state index contributed by atoms with van der Waals surface area (Å²) in [5.41, 5.74) is 1.32. The monoisotopic (exact) mass is 351 g/mol. The highest BCUT2D eigenvalue weighted by Gasteiger charge is 2.08. The normalized spacial score (nSPS) is 11.1. The SMILES string of the molecule is CN(Cc1ccc(Br)cc1)Cc1cc(=O)n(C)c(=O)n1C. The Bertz CT molecular complexity index is 747. The van der Waals surface area contributed by atoms with Crippen LogP contribution >= 0.6 is 15.9 Å². The highest BCUT2D eigenvalue weighted by Crippen LogP contribution is 2.12. The third-order valence-corrected chi connectivity index (χ3v) is 3.95. The maximum atomic E-state index is 11.9. The van der Waals surface area contributed by atoms with Gasteiger partial charge in [-0.05, 0) is 24.7 Å². The van der Waals surface area contributed by atoms with Crippen LogP contribution in [0.5, 0.6) is 0 Å². The van der Waals surface area contributed by atoms with Crippen LogP contribution < -0.4 is 11.2 Å². The predicted octanol–water partition coefficient (Wildman–Crippen LogP) is 1.48. The Morgan fingerprint density at radius 2 is 1.67 bits per heavy atom. The summed E-state index contributed by atoms with van der Waals surface area (Å²) in [7, 11) is 5.13. The Morgan fingerprint density at radius 1 is 1.05 bits per heavy atom. The lowest BCUT2D eigenvalue weighted by atomic mass is 10.2. The van der Waals surface area contributed by atoms with Gasteiger partial charge in [-0.25, -0.2) is 4.79 Å². The minimum absolute atomic E-state index is 0.273. The number of rotatable bonds is 4. The zero-order chi connectivity index (χ0) is 15.6. The van der Waals surface area contributed by atoms with Gasteiger partial charge in [-0.15, -0.1) is 0 Å². The van der Waals surface area contributed by atoms with Crippen LogP contribution in [0.1, 0.15) is 11.3 Å². The molecule has 1 aromatic carbocycles. The van der Waals surface area contributed by atoms with Gasteiger partial charge in [0, 0.05) is 43.4 Å². The molecule has 2 rings (SSSR count). The molecule has 5 nitrogen and oxygen atoms in total. The molecular formula is C15H18BrN3O2. The van der Waals surface area contributed by atoms with E-state index in [0.717, 1.165) is 15.6 Å². The number of hydrogen-bond acceptors (Lipinski definition) is 3. The maximum Gasteiger partial charge on any atom is 0.330 e. The second-order valence-electron chi connectivity index (χ2n) is 5.17. The minimum atomic E-state index is -0.297. The summed E-state index contributed by atoms with van der Waals surface area (Å²) in [6, 6.07) is 9.60. The molecule has 2 aromatic rings. The van der Waals surface area contributed by atoms with Crippen molar-refractivity contribution in [1.29, 1.82) is 0 Å². The molecule has 1 aromatic heterocycles. The van der Waals surface area contributed by atoms with E-state index >= 15 is 0 Å². The molecule has 0 bridgehead atoms. The van der Waals surface area contributed by atoms with Crippen molar-refractivity contribution in [2.75, 3.05) is 7.05 Å². The molecular weight excluding hydrogens is 334 g/mol. The molecule has 0 saturated heterocycles. The number of aromatic nitrogens is 2. The lowest BCUT2D eigenvalue weighted by molar-refractivity contribution is 0.308. The van der Waals surface area contributed by atoms with Crippen molar-refractivity contribution in [3.05, 3.63) is 66.9 Å². The van der Waals surface area contributed by atoms with Crippen molar-refractivity contribution in [3.8, 4) is 0 Å². The van der Waals surface area contributed by atoms with E-state index in [1.165, 1.54) is 23.2 Å². The quantitative estimate of drug-likeness (QED) is 0.838. The second kappa shape index (κ2) is 6.41. The lowest BCUT2D eigenvalue weighted by Gasteiger charge is -2.18. The molecule has 0 unspecified atom stereocenters. The third kappa shape index (κ3) is 3.71. The van der Waals surface area contributed by atoms with Gasteiger partial charge in [0.1, 0.15) is 0 Å². The molecule has 21 heavy (non-hydrogen) atoms. The van der Waals surface area contributed by atoms with Crippen LogP contribution in [0.3, 0.4) is 0 Å². The van der Waals surface area contributed by atoms with Gasteiger partial charge in [0.15, 0.2) is 0 Å². The summed E-state index contributed by atoms with van der Waals surface area (Å²) < 4.78 is 3.67. The van der Waals surface area contributed by atoms with Crippen LogP contribution in [0.2, 0.25) is 0 Å². The number of nitrogens with zero attached hydrogens (tertiary/aromatic N) is 3. The van der Waals surface area contributed by atoms with Crippen LogP contribution in [0, 0.1) is 0 Å². The lowest BCUT2D eigenvalue weighted by Crippen LogP contribution is -2.39. The van der Waals surface area contributed by atoms with E-state index in [1.54, 1.807) is 7.05 Å². The molecule has 1 heterocycles. The Hall–Kier alpha value is -1.66. The van der Waals surface area contributed by atoms with Crippen molar-refractivity contribution in [2.45, 2.75) is 13.1 Å². The van der Waals surface area contributed by atoms with Gasteiger partial charge in [-0.2, -0.15) is 0 Å². The standard InChI is InChI=1S/C15H18BrN3O2/c1-17(9-11-4-6-12(16)7-5-11)10-13-8-14(20)19(3)15(21)18(13)2/h4-8H,9-10H2,1-3H3. The van der Waals surface area contributed by atoms with Gasteiger partial charge in [-0.1, -0.05) is 28.1 Å². The Labute approximate surface area is 131 Å². The smallest absolute Gasteiger partial charge is 0.299 e. The van der Waals surface area contributed by atoms with E-state index in [2.05, 4.69) is 20.8 Å². The molecule has 0 N–H and O–H groups in total. The van der Waals surface area contributed by atoms with Crippen molar-refractivity contribution >= 4 is 15.9 Å². The molecule has 0 aliphatic rings. The third-order valence-electron chi connectivity index (χ3n) is 3.42. The molecule has 0 atom stereocenters. The predicted molar refractivity (Wildman–Crippen MR) is 86.2 cm³/mol. The summed E-state index contributed by atoms with van der Waals surface area (Å²) in [5, 5.41) is 0. The summed E-state index contributed by atoms with van der Waals surface area (Å²) >= 11 is 3.41. The van der Waals surface area contributed by atoms with Gasteiger partial charge >= 0.3 is 5.69 Å². The Kier molecular flexibility index (Phi) is 4.80. The summed E-state index contributed by atoms with van der Waals surface area (Å²) in [5.74, 6) is 0. The second-order valence-corrected chi connectivity index (χ2v) is 6.09. The van der Waals surface area contributed by atoms with E-state index in [-0.39, 0.29) is 11.2 Å². The topological polar surface area (TPSA) is 47.2 Å². The number of hydrogen-bond donors (Lipinski definition) is 0. The molecule has 0 aliphatic carbocycles.